The molecule has 0 aliphatic heterocycles. The van der Waals surface area contributed by atoms with Gasteiger partial charge in [-0.05, 0) is 29.8 Å². The molecule has 0 aromatic heterocycles. The summed E-state index contributed by atoms with van der Waals surface area (Å²) in [5.74, 6) is -0.0602. The third-order valence-electron chi connectivity index (χ3n) is 3.04. The Hall–Kier alpha value is -1.90. The molecule has 0 radical (unpaired) electrons. The molecular formula is C15H14ClF2NO4S. The number of ether oxygens (including phenoxy) is 2. The van der Waals surface area contributed by atoms with Gasteiger partial charge >= 0.3 is 6.61 Å². The zero-order valence-corrected chi connectivity index (χ0v) is 14.1. The molecule has 2 aromatic rings. The maximum absolute atomic E-state index is 12.3. The third-order valence-corrected chi connectivity index (χ3v) is 4.94. The molecule has 0 fully saturated rings. The summed E-state index contributed by atoms with van der Waals surface area (Å²) in [6.45, 7) is -3.05. The Morgan fingerprint density at radius 2 is 1.88 bits per heavy atom. The van der Waals surface area contributed by atoms with Crippen LogP contribution in [0.2, 0.25) is 5.02 Å². The molecule has 24 heavy (non-hydrogen) atoms. The highest BCUT2D eigenvalue weighted by molar-refractivity contribution is 7.89. The van der Waals surface area contributed by atoms with Crippen LogP contribution in [0.1, 0.15) is 5.56 Å². The molecule has 0 aliphatic carbocycles. The summed E-state index contributed by atoms with van der Waals surface area (Å²) >= 11 is 5.88. The van der Waals surface area contributed by atoms with Gasteiger partial charge in [-0.15, -0.1) is 0 Å². The van der Waals surface area contributed by atoms with Crippen molar-refractivity contribution in [1.29, 1.82) is 0 Å². The van der Waals surface area contributed by atoms with Crippen LogP contribution in [0.4, 0.5) is 8.78 Å². The molecule has 1 N–H and O–H groups in total. The number of hydrogen-bond acceptors (Lipinski definition) is 4. The molecule has 0 spiro atoms. The molecule has 0 saturated carbocycles. The van der Waals surface area contributed by atoms with E-state index in [4.69, 9.17) is 16.3 Å². The summed E-state index contributed by atoms with van der Waals surface area (Å²) in [6, 6.07) is 10.2. The Morgan fingerprint density at radius 1 is 1.17 bits per heavy atom. The van der Waals surface area contributed by atoms with Crippen molar-refractivity contribution in [2.24, 2.45) is 0 Å². The van der Waals surface area contributed by atoms with E-state index in [1.165, 1.54) is 37.4 Å². The maximum atomic E-state index is 12.3. The predicted molar refractivity (Wildman–Crippen MR) is 85.1 cm³/mol. The Kier molecular flexibility index (Phi) is 5.98. The van der Waals surface area contributed by atoms with Crippen molar-refractivity contribution in [3.05, 3.63) is 53.1 Å². The quantitative estimate of drug-likeness (QED) is 0.803. The second-order valence-electron chi connectivity index (χ2n) is 4.62. The number of methoxy groups -OCH3 is 1. The van der Waals surface area contributed by atoms with Crippen LogP contribution in [0.15, 0.2) is 47.4 Å². The van der Waals surface area contributed by atoms with Crippen LogP contribution in [0, 0.1) is 0 Å². The van der Waals surface area contributed by atoms with Gasteiger partial charge in [-0.1, -0.05) is 29.8 Å². The minimum Gasteiger partial charge on any atom is -0.493 e. The first-order chi connectivity index (χ1) is 11.3. The van der Waals surface area contributed by atoms with E-state index in [0.29, 0.717) is 5.56 Å². The lowest BCUT2D eigenvalue weighted by Crippen LogP contribution is -2.23. The minimum absolute atomic E-state index is 0.0451. The average Bonchev–Trinajstić information content (AvgIpc) is 2.53. The maximum Gasteiger partial charge on any atom is 0.387 e. The number of alkyl halides is 2. The zero-order valence-electron chi connectivity index (χ0n) is 12.5. The van der Waals surface area contributed by atoms with E-state index in [1.54, 1.807) is 12.1 Å². The van der Waals surface area contributed by atoms with Crippen LogP contribution in [0.5, 0.6) is 11.5 Å². The summed E-state index contributed by atoms with van der Waals surface area (Å²) in [7, 11) is -2.51. The van der Waals surface area contributed by atoms with Crippen molar-refractivity contribution < 1.29 is 26.7 Å². The number of nitrogens with one attached hydrogen (secondary N) is 1. The smallest absolute Gasteiger partial charge is 0.387 e. The Bertz CT molecular complexity index is 815. The molecular weight excluding hydrogens is 364 g/mol. The van der Waals surface area contributed by atoms with Gasteiger partial charge in [-0.2, -0.15) is 8.78 Å². The first-order valence-electron chi connectivity index (χ1n) is 6.69. The topological polar surface area (TPSA) is 64.6 Å². The van der Waals surface area contributed by atoms with Crippen LogP contribution in [-0.2, 0) is 16.6 Å². The van der Waals surface area contributed by atoms with Gasteiger partial charge in [0.1, 0.15) is 4.90 Å². The van der Waals surface area contributed by atoms with Crippen LogP contribution in [0.3, 0.4) is 0 Å². The van der Waals surface area contributed by atoms with Crippen molar-refractivity contribution >= 4 is 21.6 Å². The number of halogens is 3. The van der Waals surface area contributed by atoms with Crippen LogP contribution >= 0.6 is 11.6 Å². The molecule has 0 unspecified atom stereocenters. The first-order valence-corrected chi connectivity index (χ1v) is 8.55. The van der Waals surface area contributed by atoms with E-state index in [1.807, 2.05) is 0 Å². The molecule has 130 valence electrons. The number of rotatable bonds is 7. The van der Waals surface area contributed by atoms with E-state index in [9.17, 15) is 17.2 Å². The Morgan fingerprint density at radius 3 is 2.50 bits per heavy atom. The van der Waals surface area contributed by atoms with Gasteiger partial charge < -0.3 is 9.47 Å². The van der Waals surface area contributed by atoms with Gasteiger partial charge in [0.25, 0.3) is 0 Å². The first kappa shape index (κ1) is 18.4. The molecule has 0 amide bonds. The summed E-state index contributed by atoms with van der Waals surface area (Å²) in [4.78, 5) is -0.0451. The molecule has 0 bridgehead atoms. The van der Waals surface area contributed by atoms with E-state index < -0.39 is 16.6 Å². The Labute approximate surface area is 143 Å². The SMILES string of the molecule is COc1cc(CNS(=O)(=O)c2ccccc2Cl)ccc1OC(F)F. The lowest BCUT2D eigenvalue weighted by atomic mass is 10.2. The monoisotopic (exact) mass is 377 g/mol. The van der Waals surface area contributed by atoms with Crippen molar-refractivity contribution in [3.8, 4) is 11.5 Å². The third kappa shape index (κ3) is 4.56. The van der Waals surface area contributed by atoms with E-state index in [0.717, 1.165) is 0 Å². The second kappa shape index (κ2) is 7.78. The predicted octanol–water partition coefficient (Wildman–Crippen LogP) is 3.43. The van der Waals surface area contributed by atoms with Crippen LogP contribution in [0.25, 0.3) is 0 Å². The zero-order chi connectivity index (χ0) is 17.7. The molecule has 2 aromatic carbocycles. The molecule has 0 saturated heterocycles. The van der Waals surface area contributed by atoms with E-state index in [-0.39, 0.29) is 28.0 Å². The van der Waals surface area contributed by atoms with Crippen LogP contribution in [-0.4, -0.2) is 22.1 Å². The summed E-state index contributed by atoms with van der Waals surface area (Å²) < 4.78 is 60.7. The molecule has 5 nitrogen and oxygen atoms in total. The normalized spacial score (nSPS) is 11.5. The standard InChI is InChI=1S/C15H14ClF2NO4S/c1-22-13-8-10(6-7-12(13)23-15(17)18)9-19-24(20,21)14-5-3-2-4-11(14)16/h2-8,15,19H,9H2,1H3. The van der Waals surface area contributed by atoms with Crippen molar-refractivity contribution in [2.45, 2.75) is 18.1 Å². The number of hydrogen-bond donors (Lipinski definition) is 1. The van der Waals surface area contributed by atoms with Crippen LogP contribution < -0.4 is 14.2 Å². The Balaban J connectivity index is 2.16. The molecule has 0 heterocycles. The summed E-state index contributed by atoms with van der Waals surface area (Å²) in [5.41, 5.74) is 0.504. The number of benzene rings is 2. The number of sulfonamides is 1. The fraction of sp³-hybridized carbons (Fsp3) is 0.200. The van der Waals surface area contributed by atoms with E-state index >= 15 is 0 Å². The van der Waals surface area contributed by atoms with Gasteiger partial charge in [-0.25, -0.2) is 13.1 Å². The van der Waals surface area contributed by atoms with Gasteiger partial charge in [0.15, 0.2) is 11.5 Å². The fourth-order valence-corrected chi connectivity index (χ4v) is 3.47. The van der Waals surface area contributed by atoms with Crippen molar-refractivity contribution in [2.75, 3.05) is 7.11 Å². The van der Waals surface area contributed by atoms with Gasteiger partial charge in [0.2, 0.25) is 10.0 Å². The molecule has 2 rings (SSSR count). The largest absolute Gasteiger partial charge is 0.493 e. The summed E-state index contributed by atoms with van der Waals surface area (Å²) in [6.07, 6.45) is 0. The highest BCUT2D eigenvalue weighted by Crippen LogP contribution is 2.29. The highest BCUT2D eigenvalue weighted by atomic mass is 35.5. The van der Waals surface area contributed by atoms with Gasteiger partial charge in [0.05, 0.1) is 12.1 Å². The fourth-order valence-electron chi connectivity index (χ4n) is 1.93. The molecule has 0 aliphatic rings. The molecule has 0 atom stereocenters. The highest BCUT2D eigenvalue weighted by Gasteiger charge is 2.17. The second-order valence-corrected chi connectivity index (χ2v) is 6.76. The van der Waals surface area contributed by atoms with E-state index in [2.05, 4.69) is 9.46 Å². The summed E-state index contributed by atoms with van der Waals surface area (Å²) in [5, 5.41) is 0.100. The van der Waals surface area contributed by atoms with Crippen molar-refractivity contribution in [1.82, 2.24) is 4.72 Å². The lowest BCUT2D eigenvalue weighted by Gasteiger charge is -2.12. The average molecular weight is 378 g/mol. The molecule has 9 heteroatoms. The van der Waals surface area contributed by atoms with Crippen molar-refractivity contribution in [3.63, 3.8) is 0 Å². The lowest BCUT2D eigenvalue weighted by molar-refractivity contribution is -0.0512. The van der Waals surface area contributed by atoms with Gasteiger partial charge in [-0.3, -0.25) is 0 Å². The minimum atomic E-state index is -3.81. The van der Waals surface area contributed by atoms with Gasteiger partial charge in [0, 0.05) is 6.54 Å².